The van der Waals surface area contributed by atoms with Crippen LogP contribution in [0.15, 0.2) is 12.2 Å². The topological polar surface area (TPSA) is 68.3 Å². The smallest absolute Gasteiger partial charge is 0.163 e. The lowest BCUT2D eigenvalue weighted by molar-refractivity contribution is -0.125. The first-order chi connectivity index (χ1) is 6.41. The summed E-state index contributed by atoms with van der Waals surface area (Å²) in [7, 11) is 0. The third-order valence-corrected chi connectivity index (χ3v) is 1.30. The highest BCUT2D eigenvalue weighted by Gasteiger charge is 2.04. The summed E-state index contributed by atoms with van der Waals surface area (Å²) in [4.78, 5) is 42.8. The zero-order valence-electron chi connectivity index (χ0n) is 8.20. The van der Waals surface area contributed by atoms with Gasteiger partial charge in [-0.3, -0.25) is 19.2 Å². The van der Waals surface area contributed by atoms with Crippen LogP contribution < -0.4 is 0 Å². The fourth-order valence-corrected chi connectivity index (χ4v) is 0.794. The Balaban J connectivity index is 4.04. The van der Waals surface area contributed by atoms with Gasteiger partial charge in [-0.1, -0.05) is 0 Å². The van der Waals surface area contributed by atoms with Gasteiger partial charge in [0.05, 0.1) is 12.8 Å². The average molecular weight is 196 g/mol. The lowest BCUT2D eigenvalue weighted by atomic mass is 10.1. The molecule has 0 atom stereocenters. The molecule has 0 rings (SSSR count). The molecule has 0 aromatic rings. The van der Waals surface area contributed by atoms with E-state index >= 15 is 0 Å². The van der Waals surface area contributed by atoms with Gasteiger partial charge < -0.3 is 0 Å². The number of Topliss-reactive ketones (excluding diaryl/α,β-unsaturated/α-hetero) is 2. The monoisotopic (exact) mass is 196 g/mol. The first-order valence-corrected chi connectivity index (χ1v) is 4.14. The number of hydrogen-bond acceptors (Lipinski definition) is 4. The standard InChI is InChI=1S/C10H12O4/c1-7(11)5-9(13)3-4-10(14)6-8(2)12/h3-4H,5-6H2,1-2H3. The molecule has 76 valence electrons. The molecule has 14 heavy (non-hydrogen) atoms. The lowest BCUT2D eigenvalue weighted by Crippen LogP contribution is -2.04. The highest BCUT2D eigenvalue weighted by Crippen LogP contribution is 1.91. The van der Waals surface area contributed by atoms with Gasteiger partial charge in [0.15, 0.2) is 11.6 Å². The van der Waals surface area contributed by atoms with Gasteiger partial charge in [-0.25, -0.2) is 0 Å². The van der Waals surface area contributed by atoms with Gasteiger partial charge in [0, 0.05) is 0 Å². The quantitative estimate of drug-likeness (QED) is 0.461. The molecule has 0 saturated carbocycles. The van der Waals surface area contributed by atoms with Gasteiger partial charge in [-0.15, -0.1) is 0 Å². The van der Waals surface area contributed by atoms with E-state index in [-0.39, 0.29) is 24.4 Å². The molecule has 0 saturated heterocycles. The van der Waals surface area contributed by atoms with Gasteiger partial charge in [0.25, 0.3) is 0 Å². The van der Waals surface area contributed by atoms with E-state index < -0.39 is 11.6 Å². The van der Waals surface area contributed by atoms with Crippen LogP contribution in [-0.2, 0) is 19.2 Å². The normalized spacial score (nSPS) is 10.1. The van der Waals surface area contributed by atoms with Gasteiger partial charge in [-0.2, -0.15) is 0 Å². The maximum atomic E-state index is 10.9. The molecule has 0 aliphatic heterocycles. The molecule has 0 unspecified atom stereocenters. The SMILES string of the molecule is CC(=O)CC(=O)C=CC(=O)CC(C)=O. The van der Waals surface area contributed by atoms with Crippen LogP contribution in [0.3, 0.4) is 0 Å². The fraction of sp³-hybridized carbons (Fsp3) is 0.400. The number of hydrogen-bond donors (Lipinski definition) is 0. The number of carbonyl (C=O) groups excluding carboxylic acids is 4. The van der Waals surface area contributed by atoms with Crippen molar-refractivity contribution in [2.24, 2.45) is 0 Å². The molecular formula is C10H12O4. The molecule has 0 N–H and O–H groups in total. The first-order valence-electron chi connectivity index (χ1n) is 4.14. The molecular weight excluding hydrogens is 184 g/mol. The Labute approximate surface area is 82.0 Å². The van der Waals surface area contributed by atoms with E-state index in [0.717, 1.165) is 12.2 Å². The van der Waals surface area contributed by atoms with Crippen LogP contribution in [-0.4, -0.2) is 23.1 Å². The van der Waals surface area contributed by atoms with Crippen molar-refractivity contribution >= 4 is 23.1 Å². The highest BCUT2D eigenvalue weighted by atomic mass is 16.2. The second kappa shape index (κ2) is 5.96. The fourth-order valence-electron chi connectivity index (χ4n) is 0.794. The van der Waals surface area contributed by atoms with Crippen molar-refractivity contribution in [3.05, 3.63) is 12.2 Å². The van der Waals surface area contributed by atoms with Crippen LogP contribution in [0.25, 0.3) is 0 Å². The zero-order valence-corrected chi connectivity index (χ0v) is 8.20. The van der Waals surface area contributed by atoms with E-state index in [9.17, 15) is 19.2 Å². The molecule has 0 heterocycles. The molecule has 0 fully saturated rings. The number of allylic oxidation sites excluding steroid dienone is 2. The Kier molecular flexibility index (Phi) is 5.29. The Hall–Kier alpha value is -1.58. The number of ketones is 4. The summed E-state index contributed by atoms with van der Waals surface area (Å²) in [5.74, 6) is -1.35. The first kappa shape index (κ1) is 12.4. The molecule has 0 amide bonds. The van der Waals surface area contributed by atoms with Crippen LogP contribution in [0, 0.1) is 0 Å². The summed E-state index contributed by atoms with van der Waals surface area (Å²) in [6, 6.07) is 0. The minimum Gasteiger partial charge on any atom is -0.300 e. The number of carbonyl (C=O) groups is 4. The van der Waals surface area contributed by atoms with Crippen molar-refractivity contribution in [3.8, 4) is 0 Å². The Morgan fingerprint density at radius 1 is 0.786 bits per heavy atom. The van der Waals surface area contributed by atoms with Crippen molar-refractivity contribution in [2.45, 2.75) is 26.7 Å². The Bertz CT molecular complexity index is 269. The summed E-state index contributed by atoms with van der Waals surface area (Å²) >= 11 is 0. The Morgan fingerprint density at radius 2 is 1.07 bits per heavy atom. The van der Waals surface area contributed by atoms with Crippen LogP contribution in [0.5, 0.6) is 0 Å². The van der Waals surface area contributed by atoms with Crippen molar-refractivity contribution in [3.63, 3.8) is 0 Å². The third-order valence-electron chi connectivity index (χ3n) is 1.30. The maximum Gasteiger partial charge on any atom is 0.163 e. The predicted octanol–water partition coefficient (Wildman–Crippen LogP) is 0.639. The van der Waals surface area contributed by atoms with Crippen molar-refractivity contribution < 1.29 is 19.2 Å². The second-order valence-electron chi connectivity index (χ2n) is 3.02. The van der Waals surface area contributed by atoms with E-state index in [1.165, 1.54) is 13.8 Å². The summed E-state index contributed by atoms with van der Waals surface area (Å²) in [5.41, 5.74) is 0. The van der Waals surface area contributed by atoms with Gasteiger partial charge in [0.2, 0.25) is 0 Å². The summed E-state index contributed by atoms with van der Waals surface area (Å²) in [5, 5.41) is 0. The molecule has 0 radical (unpaired) electrons. The minimum atomic E-state index is -0.422. The molecule has 0 aromatic heterocycles. The van der Waals surface area contributed by atoms with Gasteiger partial charge >= 0.3 is 0 Å². The van der Waals surface area contributed by atoms with Gasteiger partial charge in [0.1, 0.15) is 11.6 Å². The molecule has 0 aliphatic carbocycles. The minimum absolute atomic E-state index is 0.205. The van der Waals surface area contributed by atoms with E-state index in [1.54, 1.807) is 0 Å². The van der Waals surface area contributed by atoms with Crippen molar-refractivity contribution in [1.29, 1.82) is 0 Å². The zero-order chi connectivity index (χ0) is 11.1. The molecule has 4 heteroatoms. The summed E-state index contributed by atoms with van der Waals surface area (Å²) in [6.07, 6.45) is 1.66. The molecule has 4 nitrogen and oxygen atoms in total. The van der Waals surface area contributed by atoms with E-state index in [2.05, 4.69) is 0 Å². The van der Waals surface area contributed by atoms with E-state index in [4.69, 9.17) is 0 Å². The van der Waals surface area contributed by atoms with E-state index in [0.29, 0.717) is 0 Å². The second-order valence-corrected chi connectivity index (χ2v) is 3.02. The molecule has 0 bridgehead atoms. The van der Waals surface area contributed by atoms with Gasteiger partial charge in [-0.05, 0) is 26.0 Å². The summed E-state index contributed by atoms with van der Waals surface area (Å²) in [6.45, 7) is 2.59. The molecule has 0 aliphatic rings. The predicted molar refractivity (Wildman–Crippen MR) is 49.8 cm³/mol. The summed E-state index contributed by atoms with van der Waals surface area (Å²) < 4.78 is 0. The lowest BCUT2D eigenvalue weighted by Gasteiger charge is -1.89. The average Bonchev–Trinajstić information content (AvgIpc) is 1.98. The molecule has 0 aromatic carbocycles. The number of rotatable bonds is 6. The third kappa shape index (κ3) is 7.09. The highest BCUT2D eigenvalue weighted by molar-refractivity contribution is 6.09. The van der Waals surface area contributed by atoms with Crippen LogP contribution >= 0.6 is 0 Å². The molecule has 0 spiro atoms. The maximum absolute atomic E-state index is 10.9. The van der Waals surface area contributed by atoms with Crippen LogP contribution in [0.2, 0.25) is 0 Å². The van der Waals surface area contributed by atoms with Crippen molar-refractivity contribution in [2.75, 3.05) is 0 Å². The largest absolute Gasteiger partial charge is 0.300 e. The van der Waals surface area contributed by atoms with Crippen LogP contribution in [0.4, 0.5) is 0 Å². The van der Waals surface area contributed by atoms with Crippen LogP contribution in [0.1, 0.15) is 26.7 Å². The van der Waals surface area contributed by atoms with E-state index in [1.807, 2.05) is 0 Å². The van der Waals surface area contributed by atoms with Crippen molar-refractivity contribution in [1.82, 2.24) is 0 Å². The Morgan fingerprint density at radius 3 is 1.29 bits per heavy atom.